The maximum Gasteiger partial charge on any atom is 0.166 e. The molecule has 0 spiro atoms. The highest BCUT2D eigenvalue weighted by molar-refractivity contribution is 5.99. The van der Waals surface area contributed by atoms with Crippen LogP contribution in [0.4, 0.5) is 0 Å². The van der Waals surface area contributed by atoms with Crippen molar-refractivity contribution in [3.05, 3.63) is 59.2 Å². The first-order valence-corrected chi connectivity index (χ1v) is 9.18. The first-order chi connectivity index (χ1) is 11.7. The Morgan fingerprint density at radius 2 is 1.67 bits per heavy atom. The van der Waals surface area contributed by atoms with Crippen LogP contribution in [0.3, 0.4) is 0 Å². The minimum atomic E-state index is 0.223. The number of nitrogens with zero attached hydrogens (tertiary/aromatic N) is 1. The van der Waals surface area contributed by atoms with Crippen molar-refractivity contribution in [1.82, 2.24) is 4.90 Å². The summed E-state index contributed by atoms with van der Waals surface area (Å²) in [5.74, 6) is 0.597. The average molecular weight is 317 g/mol. The zero-order chi connectivity index (χ0) is 16.3. The van der Waals surface area contributed by atoms with Gasteiger partial charge in [-0.1, -0.05) is 36.4 Å². The van der Waals surface area contributed by atoms with Crippen molar-refractivity contribution in [3.63, 3.8) is 0 Å². The van der Waals surface area contributed by atoms with Crippen molar-refractivity contribution in [2.24, 2.45) is 5.92 Å². The molecule has 2 heteroatoms. The fourth-order valence-electron chi connectivity index (χ4n) is 5.16. The van der Waals surface area contributed by atoms with Crippen molar-refractivity contribution in [3.8, 4) is 11.1 Å². The number of piperidine rings is 1. The van der Waals surface area contributed by atoms with Gasteiger partial charge in [-0.2, -0.15) is 0 Å². The minimum absolute atomic E-state index is 0.223. The second-order valence-corrected chi connectivity index (χ2v) is 7.79. The maximum atomic E-state index is 13.1. The lowest BCUT2D eigenvalue weighted by Crippen LogP contribution is -2.42. The van der Waals surface area contributed by atoms with Crippen molar-refractivity contribution in [2.45, 2.75) is 44.2 Å². The van der Waals surface area contributed by atoms with Gasteiger partial charge in [0.05, 0.1) is 0 Å². The largest absolute Gasteiger partial charge is 0.300 e. The highest BCUT2D eigenvalue weighted by Gasteiger charge is 2.41. The standard InChI is InChI=1S/C22H23NO/c1-23-18-7-8-19(23)13-17(12-18)22(24)15-6-9-21-16(11-15)10-14-4-2-3-5-20(14)21/h2-6,9,11,17-19H,7-8,10,12-13H2,1H3. The Labute approximate surface area is 143 Å². The Hall–Kier alpha value is -1.93. The number of fused-ring (bicyclic) bond motifs is 5. The summed E-state index contributed by atoms with van der Waals surface area (Å²) >= 11 is 0. The van der Waals surface area contributed by atoms with Gasteiger partial charge in [-0.25, -0.2) is 0 Å². The predicted octanol–water partition coefficient (Wildman–Crippen LogP) is 4.31. The van der Waals surface area contributed by atoms with Gasteiger partial charge in [0, 0.05) is 23.6 Å². The summed E-state index contributed by atoms with van der Waals surface area (Å²) in [6, 6.07) is 16.2. The summed E-state index contributed by atoms with van der Waals surface area (Å²) in [4.78, 5) is 15.6. The number of Topliss-reactive ketones (excluding diaryl/α,β-unsaturated/α-hetero) is 1. The van der Waals surface area contributed by atoms with Gasteiger partial charge < -0.3 is 4.90 Å². The van der Waals surface area contributed by atoms with E-state index in [2.05, 4.69) is 54.4 Å². The zero-order valence-corrected chi connectivity index (χ0v) is 14.2. The summed E-state index contributed by atoms with van der Waals surface area (Å²) in [5, 5.41) is 0. The van der Waals surface area contributed by atoms with E-state index in [0.717, 1.165) is 24.8 Å². The van der Waals surface area contributed by atoms with Crippen molar-refractivity contribution < 1.29 is 4.79 Å². The monoisotopic (exact) mass is 317 g/mol. The first kappa shape index (κ1) is 14.4. The summed E-state index contributed by atoms with van der Waals surface area (Å²) in [6.07, 6.45) is 5.59. The molecular formula is C22H23NO. The van der Waals surface area contributed by atoms with E-state index in [9.17, 15) is 4.79 Å². The topological polar surface area (TPSA) is 20.3 Å². The summed E-state index contributed by atoms with van der Waals surface area (Å²) in [5.41, 5.74) is 6.28. The molecule has 2 nitrogen and oxygen atoms in total. The molecule has 0 N–H and O–H groups in total. The smallest absolute Gasteiger partial charge is 0.166 e. The predicted molar refractivity (Wildman–Crippen MR) is 96.3 cm³/mol. The van der Waals surface area contributed by atoms with E-state index in [4.69, 9.17) is 0 Å². The van der Waals surface area contributed by atoms with E-state index in [1.807, 2.05) is 0 Å². The Kier molecular flexibility index (Phi) is 3.18. The van der Waals surface area contributed by atoms with Gasteiger partial charge in [0.25, 0.3) is 0 Å². The number of rotatable bonds is 2. The van der Waals surface area contributed by atoms with Crippen LogP contribution in [0.1, 0.15) is 47.2 Å². The highest BCUT2D eigenvalue weighted by atomic mass is 16.1. The van der Waals surface area contributed by atoms with Crippen LogP contribution >= 0.6 is 0 Å². The molecule has 5 rings (SSSR count). The van der Waals surface area contributed by atoms with E-state index in [-0.39, 0.29) is 5.92 Å². The maximum absolute atomic E-state index is 13.1. The second kappa shape index (κ2) is 5.29. The van der Waals surface area contributed by atoms with E-state index in [1.54, 1.807) is 0 Å². The molecule has 0 amide bonds. The number of carbonyl (C=O) groups is 1. The SMILES string of the molecule is CN1C2CCC1CC(C(=O)c1ccc3c(c1)Cc1ccccc1-3)C2. The number of carbonyl (C=O) groups excluding carboxylic acids is 1. The lowest BCUT2D eigenvalue weighted by atomic mass is 9.84. The summed E-state index contributed by atoms with van der Waals surface area (Å²) in [6.45, 7) is 0. The fraction of sp³-hybridized carbons (Fsp3) is 0.409. The molecule has 0 saturated carbocycles. The van der Waals surface area contributed by atoms with Crippen LogP contribution in [-0.4, -0.2) is 29.8 Å². The molecule has 24 heavy (non-hydrogen) atoms. The molecule has 3 aliphatic rings. The molecule has 1 aliphatic carbocycles. The highest BCUT2D eigenvalue weighted by Crippen LogP contribution is 2.40. The number of hydrogen-bond acceptors (Lipinski definition) is 2. The third-order valence-electron chi connectivity index (χ3n) is 6.55. The third kappa shape index (κ3) is 2.09. The Balaban J connectivity index is 1.43. The zero-order valence-electron chi connectivity index (χ0n) is 14.2. The summed E-state index contributed by atoms with van der Waals surface area (Å²) in [7, 11) is 2.23. The van der Waals surface area contributed by atoms with Gasteiger partial charge >= 0.3 is 0 Å². The molecule has 2 fully saturated rings. The molecule has 2 unspecified atom stereocenters. The minimum Gasteiger partial charge on any atom is -0.300 e. The average Bonchev–Trinajstić information content (AvgIpc) is 3.04. The van der Waals surface area contributed by atoms with Crippen LogP contribution in [0.2, 0.25) is 0 Å². The van der Waals surface area contributed by atoms with Gasteiger partial charge in [-0.05, 0) is 67.5 Å². The molecule has 0 aromatic heterocycles. The van der Waals surface area contributed by atoms with Crippen LogP contribution in [0.5, 0.6) is 0 Å². The van der Waals surface area contributed by atoms with E-state index < -0.39 is 0 Å². The van der Waals surface area contributed by atoms with Crippen LogP contribution in [0.25, 0.3) is 11.1 Å². The fourth-order valence-corrected chi connectivity index (χ4v) is 5.16. The lowest BCUT2D eigenvalue weighted by molar-refractivity contribution is 0.0767. The molecule has 2 aliphatic heterocycles. The lowest BCUT2D eigenvalue weighted by Gasteiger charge is -2.35. The molecule has 2 aromatic rings. The van der Waals surface area contributed by atoms with Gasteiger partial charge in [0.1, 0.15) is 0 Å². The molecule has 2 saturated heterocycles. The van der Waals surface area contributed by atoms with Crippen molar-refractivity contribution >= 4 is 5.78 Å². The first-order valence-electron chi connectivity index (χ1n) is 9.18. The van der Waals surface area contributed by atoms with Crippen molar-refractivity contribution in [1.29, 1.82) is 0 Å². The third-order valence-corrected chi connectivity index (χ3v) is 6.55. The van der Waals surface area contributed by atoms with Crippen LogP contribution in [0, 0.1) is 5.92 Å². The Morgan fingerprint density at radius 3 is 2.46 bits per heavy atom. The molecule has 2 atom stereocenters. The van der Waals surface area contributed by atoms with Gasteiger partial charge in [0.15, 0.2) is 5.78 Å². The second-order valence-electron chi connectivity index (χ2n) is 7.79. The van der Waals surface area contributed by atoms with E-state index >= 15 is 0 Å². The quantitative estimate of drug-likeness (QED) is 0.656. The van der Waals surface area contributed by atoms with Crippen molar-refractivity contribution in [2.75, 3.05) is 7.05 Å². The van der Waals surface area contributed by atoms with E-state index in [1.165, 1.54) is 35.1 Å². The molecule has 122 valence electrons. The molecule has 0 radical (unpaired) electrons. The molecule has 2 aromatic carbocycles. The normalized spacial score (nSPS) is 27.8. The van der Waals surface area contributed by atoms with E-state index in [0.29, 0.717) is 17.9 Å². The number of benzene rings is 2. The van der Waals surface area contributed by atoms with Gasteiger partial charge in [0.2, 0.25) is 0 Å². The Bertz CT molecular complexity index is 810. The van der Waals surface area contributed by atoms with Crippen LogP contribution in [-0.2, 0) is 6.42 Å². The Morgan fingerprint density at radius 1 is 0.958 bits per heavy atom. The molecule has 2 heterocycles. The number of hydrogen-bond donors (Lipinski definition) is 0. The number of ketones is 1. The van der Waals surface area contributed by atoms with Crippen LogP contribution < -0.4 is 0 Å². The summed E-state index contributed by atoms with van der Waals surface area (Å²) < 4.78 is 0. The molecular weight excluding hydrogens is 294 g/mol. The van der Waals surface area contributed by atoms with Crippen LogP contribution in [0.15, 0.2) is 42.5 Å². The van der Waals surface area contributed by atoms with Gasteiger partial charge in [-0.3, -0.25) is 4.79 Å². The van der Waals surface area contributed by atoms with Gasteiger partial charge in [-0.15, -0.1) is 0 Å². The molecule has 2 bridgehead atoms.